The quantitative estimate of drug-likeness (QED) is 0.551. The first-order chi connectivity index (χ1) is 6.72. The highest BCUT2D eigenvalue weighted by atomic mass is 35.5. The normalized spacial score (nSPS) is 12.5. The van der Waals surface area contributed by atoms with Crippen LogP contribution in [0.5, 0.6) is 0 Å². The number of hydrogen-bond donors (Lipinski definition) is 0. The highest BCUT2D eigenvalue weighted by molar-refractivity contribution is 6.17. The van der Waals surface area contributed by atoms with Gasteiger partial charge in [-0.3, -0.25) is 0 Å². The van der Waals surface area contributed by atoms with Gasteiger partial charge in [0.15, 0.2) is 0 Å². The number of carbonyl (C=O) groups excluding carboxylic acids is 1. The molecular formula is C12H15ClO. The van der Waals surface area contributed by atoms with Crippen LogP contribution in [-0.2, 0) is 17.1 Å². The van der Waals surface area contributed by atoms with Gasteiger partial charge in [-0.05, 0) is 23.1 Å². The molecule has 0 aliphatic rings. The third kappa shape index (κ3) is 2.36. The molecule has 1 rings (SSSR count). The van der Waals surface area contributed by atoms with Crippen molar-refractivity contribution in [1.82, 2.24) is 0 Å². The molecule has 1 unspecified atom stereocenters. The van der Waals surface area contributed by atoms with Crippen molar-refractivity contribution < 1.29 is 4.79 Å². The lowest BCUT2D eigenvalue weighted by atomic mass is 9.96. The van der Waals surface area contributed by atoms with E-state index < -0.39 is 0 Å². The van der Waals surface area contributed by atoms with Gasteiger partial charge in [-0.25, -0.2) is 0 Å². The van der Waals surface area contributed by atoms with E-state index in [0.29, 0.717) is 5.88 Å². The van der Waals surface area contributed by atoms with Gasteiger partial charge >= 0.3 is 0 Å². The molecule has 0 aliphatic heterocycles. The van der Waals surface area contributed by atoms with Crippen molar-refractivity contribution in [3.63, 3.8) is 0 Å². The first kappa shape index (κ1) is 11.3. The lowest BCUT2D eigenvalue weighted by Crippen LogP contribution is -1.98. The highest BCUT2D eigenvalue weighted by Crippen LogP contribution is 2.19. The monoisotopic (exact) mass is 210 g/mol. The van der Waals surface area contributed by atoms with E-state index >= 15 is 0 Å². The van der Waals surface area contributed by atoms with Gasteiger partial charge in [0.1, 0.15) is 6.29 Å². The number of rotatable bonds is 4. The molecule has 0 bridgehead atoms. The van der Waals surface area contributed by atoms with Gasteiger partial charge in [0, 0.05) is 11.8 Å². The predicted molar refractivity (Wildman–Crippen MR) is 59.9 cm³/mol. The molecule has 0 aliphatic carbocycles. The molecule has 1 aromatic rings. The van der Waals surface area contributed by atoms with Crippen LogP contribution in [0.3, 0.4) is 0 Å². The number of halogens is 1. The van der Waals surface area contributed by atoms with Crippen molar-refractivity contribution in [2.45, 2.75) is 32.1 Å². The fraction of sp³-hybridized carbons (Fsp3) is 0.417. The van der Waals surface area contributed by atoms with Crippen LogP contribution in [0.2, 0.25) is 0 Å². The van der Waals surface area contributed by atoms with Crippen molar-refractivity contribution in [1.29, 1.82) is 0 Å². The molecule has 0 spiro atoms. The maximum absolute atomic E-state index is 10.6. The standard InChI is InChI=1S/C12H15ClO/c1-3-10-6-11(9(2)8-14)4-5-12(10)7-13/h4-6,8-9H,3,7H2,1-2H3. The van der Waals surface area contributed by atoms with Crippen LogP contribution in [0.15, 0.2) is 18.2 Å². The Morgan fingerprint density at radius 2 is 2.14 bits per heavy atom. The second-order valence-corrected chi connectivity index (χ2v) is 3.71. The van der Waals surface area contributed by atoms with Crippen molar-refractivity contribution in [2.24, 2.45) is 0 Å². The third-order valence-electron chi connectivity index (χ3n) is 2.49. The molecule has 76 valence electrons. The zero-order chi connectivity index (χ0) is 10.6. The average molecular weight is 211 g/mol. The van der Waals surface area contributed by atoms with E-state index in [1.807, 2.05) is 19.1 Å². The van der Waals surface area contributed by atoms with Gasteiger partial charge in [0.25, 0.3) is 0 Å². The summed E-state index contributed by atoms with van der Waals surface area (Å²) in [5.74, 6) is 0.517. The second-order valence-electron chi connectivity index (χ2n) is 3.44. The third-order valence-corrected chi connectivity index (χ3v) is 2.77. The summed E-state index contributed by atoms with van der Waals surface area (Å²) >= 11 is 5.81. The Labute approximate surface area is 90.1 Å². The van der Waals surface area contributed by atoms with Crippen molar-refractivity contribution >= 4 is 17.9 Å². The van der Waals surface area contributed by atoms with Crippen LogP contribution in [0.1, 0.15) is 36.5 Å². The summed E-state index contributed by atoms with van der Waals surface area (Å²) in [5.41, 5.74) is 3.48. The Balaban J connectivity index is 3.06. The number of hydrogen-bond acceptors (Lipinski definition) is 1. The summed E-state index contributed by atoms with van der Waals surface area (Å²) in [4.78, 5) is 10.6. The van der Waals surface area contributed by atoms with Crippen LogP contribution in [-0.4, -0.2) is 6.29 Å². The van der Waals surface area contributed by atoms with Gasteiger partial charge in [0.05, 0.1) is 0 Å². The molecule has 0 saturated carbocycles. The lowest BCUT2D eigenvalue weighted by molar-refractivity contribution is -0.108. The Morgan fingerprint density at radius 1 is 1.43 bits per heavy atom. The summed E-state index contributed by atoms with van der Waals surface area (Å²) in [6.07, 6.45) is 1.93. The number of aryl methyl sites for hydroxylation is 1. The van der Waals surface area contributed by atoms with Crippen molar-refractivity contribution in [3.8, 4) is 0 Å². The summed E-state index contributed by atoms with van der Waals surface area (Å²) < 4.78 is 0. The van der Waals surface area contributed by atoms with Crippen LogP contribution in [0.25, 0.3) is 0 Å². The molecule has 0 saturated heterocycles. The van der Waals surface area contributed by atoms with Crippen molar-refractivity contribution in [2.75, 3.05) is 0 Å². The van der Waals surface area contributed by atoms with E-state index in [-0.39, 0.29) is 5.92 Å². The molecule has 14 heavy (non-hydrogen) atoms. The van der Waals surface area contributed by atoms with E-state index in [9.17, 15) is 4.79 Å². The molecule has 1 atom stereocenters. The fourth-order valence-electron chi connectivity index (χ4n) is 1.47. The summed E-state index contributed by atoms with van der Waals surface area (Å²) in [6, 6.07) is 6.08. The molecule has 0 N–H and O–H groups in total. The average Bonchev–Trinajstić information content (AvgIpc) is 2.26. The SMILES string of the molecule is CCc1cc(C(C)C=O)ccc1CCl. The van der Waals surface area contributed by atoms with Crippen molar-refractivity contribution in [3.05, 3.63) is 34.9 Å². The molecule has 1 aromatic carbocycles. The summed E-state index contributed by atoms with van der Waals surface area (Å²) in [5, 5.41) is 0. The van der Waals surface area contributed by atoms with Gasteiger partial charge in [0.2, 0.25) is 0 Å². The van der Waals surface area contributed by atoms with Crippen LogP contribution in [0.4, 0.5) is 0 Å². The van der Waals surface area contributed by atoms with E-state index in [1.165, 1.54) is 5.56 Å². The molecule has 2 heteroatoms. The molecular weight excluding hydrogens is 196 g/mol. The predicted octanol–water partition coefficient (Wildman–Crippen LogP) is 3.29. The molecule has 0 fully saturated rings. The van der Waals surface area contributed by atoms with Crippen LogP contribution in [0, 0.1) is 0 Å². The zero-order valence-corrected chi connectivity index (χ0v) is 9.34. The molecule has 1 nitrogen and oxygen atoms in total. The minimum absolute atomic E-state index is 0.0234. The minimum atomic E-state index is -0.0234. The second kappa shape index (κ2) is 5.16. The summed E-state index contributed by atoms with van der Waals surface area (Å²) in [6.45, 7) is 4.00. The van der Waals surface area contributed by atoms with Gasteiger partial charge in [-0.1, -0.05) is 32.0 Å². The van der Waals surface area contributed by atoms with Crippen LogP contribution >= 0.6 is 11.6 Å². The van der Waals surface area contributed by atoms with E-state index in [4.69, 9.17) is 11.6 Å². The Kier molecular flexibility index (Phi) is 4.15. The zero-order valence-electron chi connectivity index (χ0n) is 8.59. The number of carbonyl (C=O) groups is 1. The molecule has 0 aromatic heterocycles. The first-order valence-electron chi connectivity index (χ1n) is 4.85. The van der Waals surface area contributed by atoms with Crippen LogP contribution < -0.4 is 0 Å². The van der Waals surface area contributed by atoms with Gasteiger partial charge < -0.3 is 4.79 Å². The smallest absolute Gasteiger partial charge is 0.127 e. The van der Waals surface area contributed by atoms with E-state index in [0.717, 1.165) is 23.8 Å². The largest absolute Gasteiger partial charge is 0.303 e. The number of alkyl halides is 1. The Morgan fingerprint density at radius 3 is 2.64 bits per heavy atom. The highest BCUT2D eigenvalue weighted by Gasteiger charge is 2.06. The number of benzene rings is 1. The van der Waals surface area contributed by atoms with Gasteiger partial charge in [-0.2, -0.15) is 0 Å². The minimum Gasteiger partial charge on any atom is -0.303 e. The molecule has 0 amide bonds. The Bertz CT molecular complexity index is 320. The topological polar surface area (TPSA) is 17.1 Å². The maximum Gasteiger partial charge on any atom is 0.127 e. The molecule has 0 radical (unpaired) electrons. The lowest BCUT2D eigenvalue weighted by Gasteiger charge is -2.09. The maximum atomic E-state index is 10.6. The van der Waals surface area contributed by atoms with Gasteiger partial charge in [-0.15, -0.1) is 11.6 Å². The fourth-order valence-corrected chi connectivity index (χ4v) is 1.73. The Hall–Kier alpha value is -0.820. The van der Waals surface area contributed by atoms with E-state index in [1.54, 1.807) is 0 Å². The number of aldehydes is 1. The molecule has 0 heterocycles. The summed E-state index contributed by atoms with van der Waals surface area (Å²) in [7, 11) is 0. The van der Waals surface area contributed by atoms with E-state index in [2.05, 4.69) is 13.0 Å². The first-order valence-corrected chi connectivity index (χ1v) is 5.39.